The maximum atomic E-state index is 11.4. The molecule has 2 N–H and O–H groups in total. The van der Waals surface area contributed by atoms with Gasteiger partial charge < -0.3 is 10.4 Å². The molecular formula is C15H17ClN2O2. The maximum Gasteiger partial charge on any atom is 0.308 e. The van der Waals surface area contributed by atoms with Gasteiger partial charge in [-0.1, -0.05) is 30.9 Å². The number of aliphatic carboxylic acids is 1. The van der Waals surface area contributed by atoms with Gasteiger partial charge in [-0.05, 0) is 31.0 Å². The van der Waals surface area contributed by atoms with Gasteiger partial charge in [0.25, 0.3) is 0 Å². The van der Waals surface area contributed by atoms with Crippen LogP contribution < -0.4 is 5.32 Å². The van der Waals surface area contributed by atoms with Crippen molar-refractivity contribution in [2.45, 2.75) is 38.1 Å². The summed E-state index contributed by atoms with van der Waals surface area (Å²) in [6.07, 6.45) is 4.51. The van der Waals surface area contributed by atoms with E-state index in [2.05, 4.69) is 11.4 Å². The Morgan fingerprint density at radius 2 is 2.10 bits per heavy atom. The summed E-state index contributed by atoms with van der Waals surface area (Å²) in [5.41, 5.74) is 1.11. The normalized spacial score (nSPS) is 22.6. The van der Waals surface area contributed by atoms with Crippen molar-refractivity contribution in [3.63, 3.8) is 0 Å². The monoisotopic (exact) mass is 292 g/mol. The zero-order valence-corrected chi connectivity index (χ0v) is 11.9. The number of anilines is 1. The molecule has 1 aliphatic carbocycles. The first-order valence-electron chi connectivity index (χ1n) is 6.81. The SMILES string of the molecule is N#Cc1cc(Cl)ccc1NC1CCCCCC1C(=O)O. The zero-order chi connectivity index (χ0) is 14.5. The molecule has 0 amide bonds. The summed E-state index contributed by atoms with van der Waals surface area (Å²) >= 11 is 5.87. The summed E-state index contributed by atoms with van der Waals surface area (Å²) in [6, 6.07) is 7.00. The summed E-state index contributed by atoms with van der Waals surface area (Å²) in [5.74, 6) is -1.17. The van der Waals surface area contributed by atoms with Crippen LogP contribution in [0.3, 0.4) is 0 Å². The Bertz CT molecular complexity index is 539. The van der Waals surface area contributed by atoms with Gasteiger partial charge >= 0.3 is 5.97 Å². The van der Waals surface area contributed by atoms with Crippen molar-refractivity contribution in [2.24, 2.45) is 5.92 Å². The number of rotatable bonds is 3. The number of halogens is 1. The number of benzene rings is 1. The minimum atomic E-state index is -0.767. The molecule has 0 spiro atoms. The predicted octanol–water partition coefficient (Wildman–Crippen LogP) is 3.66. The van der Waals surface area contributed by atoms with Crippen molar-refractivity contribution in [1.29, 1.82) is 5.26 Å². The maximum absolute atomic E-state index is 11.4. The van der Waals surface area contributed by atoms with Crippen LogP contribution in [0.4, 0.5) is 5.69 Å². The van der Waals surface area contributed by atoms with Crippen LogP contribution in [-0.4, -0.2) is 17.1 Å². The standard InChI is InChI=1S/C15H17ClN2O2/c16-11-6-7-13(10(8-11)9-17)18-14-5-3-1-2-4-12(14)15(19)20/h6-8,12,14,18H,1-5H2,(H,19,20). The highest BCUT2D eigenvalue weighted by atomic mass is 35.5. The first-order chi connectivity index (χ1) is 9.61. The highest BCUT2D eigenvalue weighted by Crippen LogP contribution is 2.28. The van der Waals surface area contributed by atoms with Crippen LogP contribution in [0.2, 0.25) is 5.02 Å². The van der Waals surface area contributed by atoms with E-state index in [1.54, 1.807) is 18.2 Å². The average molecular weight is 293 g/mol. The highest BCUT2D eigenvalue weighted by Gasteiger charge is 2.29. The number of carbonyl (C=O) groups is 1. The van der Waals surface area contributed by atoms with E-state index in [0.717, 1.165) is 25.7 Å². The third kappa shape index (κ3) is 3.43. The molecule has 1 aliphatic rings. The summed E-state index contributed by atoms with van der Waals surface area (Å²) in [6.45, 7) is 0. The Labute approximate surface area is 123 Å². The van der Waals surface area contributed by atoms with Gasteiger partial charge in [0.1, 0.15) is 6.07 Å². The third-order valence-corrected chi connectivity index (χ3v) is 4.01. The van der Waals surface area contributed by atoms with Gasteiger partial charge in [0.05, 0.1) is 17.2 Å². The molecule has 20 heavy (non-hydrogen) atoms. The van der Waals surface area contributed by atoms with Gasteiger partial charge in [-0.15, -0.1) is 0 Å². The molecule has 0 aliphatic heterocycles. The number of carboxylic acids is 1. The van der Waals surface area contributed by atoms with Crippen LogP contribution in [0.1, 0.15) is 37.7 Å². The van der Waals surface area contributed by atoms with Crippen molar-refractivity contribution >= 4 is 23.3 Å². The van der Waals surface area contributed by atoms with Crippen LogP contribution in [0, 0.1) is 17.2 Å². The van der Waals surface area contributed by atoms with E-state index in [9.17, 15) is 9.90 Å². The molecule has 0 saturated heterocycles. The van der Waals surface area contributed by atoms with E-state index < -0.39 is 11.9 Å². The second-order valence-electron chi connectivity index (χ2n) is 5.14. The fourth-order valence-corrected chi connectivity index (χ4v) is 2.88. The predicted molar refractivity (Wildman–Crippen MR) is 77.8 cm³/mol. The van der Waals surface area contributed by atoms with Crippen molar-refractivity contribution in [2.75, 3.05) is 5.32 Å². The van der Waals surface area contributed by atoms with Crippen molar-refractivity contribution in [1.82, 2.24) is 0 Å². The minimum absolute atomic E-state index is 0.136. The number of hydrogen-bond donors (Lipinski definition) is 2. The summed E-state index contributed by atoms with van der Waals surface area (Å²) in [5, 5.41) is 22.2. The van der Waals surface area contributed by atoms with Crippen LogP contribution in [0.5, 0.6) is 0 Å². The quantitative estimate of drug-likeness (QED) is 0.834. The third-order valence-electron chi connectivity index (χ3n) is 3.78. The summed E-state index contributed by atoms with van der Waals surface area (Å²) in [4.78, 5) is 11.4. The molecular weight excluding hydrogens is 276 g/mol. The average Bonchev–Trinajstić information content (AvgIpc) is 2.66. The van der Waals surface area contributed by atoms with E-state index in [0.29, 0.717) is 22.7 Å². The number of nitriles is 1. The molecule has 0 heterocycles. The zero-order valence-electron chi connectivity index (χ0n) is 11.1. The van der Waals surface area contributed by atoms with E-state index in [1.165, 1.54) is 0 Å². The van der Waals surface area contributed by atoms with Crippen LogP contribution >= 0.6 is 11.6 Å². The molecule has 2 rings (SSSR count). The molecule has 2 atom stereocenters. The van der Waals surface area contributed by atoms with Gasteiger partial charge in [-0.25, -0.2) is 0 Å². The molecule has 0 aromatic heterocycles. The highest BCUT2D eigenvalue weighted by molar-refractivity contribution is 6.30. The molecule has 4 nitrogen and oxygen atoms in total. The lowest BCUT2D eigenvalue weighted by Crippen LogP contribution is -2.33. The Morgan fingerprint density at radius 1 is 1.35 bits per heavy atom. The molecule has 1 fully saturated rings. The summed E-state index contributed by atoms with van der Waals surface area (Å²) < 4.78 is 0. The molecule has 1 saturated carbocycles. The number of nitrogens with zero attached hydrogens (tertiary/aromatic N) is 1. The molecule has 1 aromatic carbocycles. The van der Waals surface area contributed by atoms with Gasteiger partial charge in [0.2, 0.25) is 0 Å². The fourth-order valence-electron chi connectivity index (χ4n) is 2.71. The van der Waals surface area contributed by atoms with E-state index in [4.69, 9.17) is 16.9 Å². The van der Waals surface area contributed by atoms with E-state index in [-0.39, 0.29) is 6.04 Å². The Balaban J connectivity index is 2.22. The lowest BCUT2D eigenvalue weighted by Gasteiger charge is -2.24. The first-order valence-corrected chi connectivity index (χ1v) is 7.18. The lowest BCUT2D eigenvalue weighted by molar-refractivity contribution is -0.142. The topological polar surface area (TPSA) is 73.1 Å². The molecule has 0 radical (unpaired) electrons. The Hall–Kier alpha value is -1.73. The largest absolute Gasteiger partial charge is 0.481 e. The Kier molecular flexibility index (Phi) is 4.86. The lowest BCUT2D eigenvalue weighted by atomic mass is 9.94. The van der Waals surface area contributed by atoms with Gasteiger partial charge in [-0.2, -0.15) is 5.26 Å². The van der Waals surface area contributed by atoms with Crippen LogP contribution in [0.15, 0.2) is 18.2 Å². The second-order valence-corrected chi connectivity index (χ2v) is 5.57. The molecule has 1 aromatic rings. The Morgan fingerprint density at radius 3 is 2.80 bits per heavy atom. The number of hydrogen-bond acceptors (Lipinski definition) is 3. The molecule has 0 bridgehead atoms. The first kappa shape index (κ1) is 14.7. The molecule has 106 valence electrons. The van der Waals surface area contributed by atoms with E-state index in [1.807, 2.05) is 0 Å². The van der Waals surface area contributed by atoms with Crippen LogP contribution in [0.25, 0.3) is 0 Å². The minimum Gasteiger partial charge on any atom is -0.481 e. The number of carboxylic acid groups (broad SMARTS) is 1. The van der Waals surface area contributed by atoms with Gasteiger partial charge in [-0.3, -0.25) is 4.79 Å². The summed E-state index contributed by atoms with van der Waals surface area (Å²) in [7, 11) is 0. The molecule has 2 unspecified atom stereocenters. The molecule has 5 heteroatoms. The van der Waals surface area contributed by atoms with Crippen molar-refractivity contribution in [3.8, 4) is 6.07 Å². The van der Waals surface area contributed by atoms with Gasteiger partial charge in [0, 0.05) is 11.1 Å². The smallest absolute Gasteiger partial charge is 0.308 e. The second kappa shape index (κ2) is 6.62. The number of nitrogens with one attached hydrogen (secondary N) is 1. The van der Waals surface area contributed by atoms with Crippen molar-refractivity contribution in [3.05, 3.63) is 28.8 Å². The van der Waals surface area contributed by atoms with E-state index >= 15 is 0 Å². The van der Waals surface area contributed by atoms with Gasteiger partial charge in [0.15, 0.2) is 0 Å². The van der Waals surface area contributed by atoms with Crippen molar-refractivity contribution < 1.29 is 9.90 Å². The van der Waals surface area contributed by atoms with Crippen LogP contribution in [-0.2, 0) is 4.79 Å². The fraction of sp³-hybridized carbons (Fsp3) is 0.467.